The Labute approximate surface area is 186 Å². The summed E-state index contributed by atoms with van der Waals surface area (Å²) in [5.74, 6) is -0.273. The summed E-state index contributed by atoms with van der Waals surface area (Å²) in [4.78, 5) is 12.2. The molecule has 0 aliphatic carbocycles. The summed E-state index contributed by atoms with van der Waals surface area (Å²) in [5.41, 5.74) is 3.62. The van der Waals surface area contributed by atoms with E-state index < -0.39 is 18.7 Å². The SMILES string of the molecule is COC(=O)c1c(C)nn(CC(F)(F)F)c1Cc1ccc(-c2ccccc2-c2nn[nH]n2)cc1. The van der Waals surface area contributed by atoms with Gasteiger partial charge >= 0.3 is 12.1 Å². The maximum atomic E-state index is 13.1. The van der Waals surface area contributed by atoms with Crippen molar-refractivity contribution in [3.63, 3.8) is 0 Å². The Morgan fingerprint density at radius 2 is 1.79 bits per heavy atom. The van der Waals surface area contributed by atoms with Crippen LogP contribution < -0.4 is 0 Å². The van der Waals surface area contributed by atoms with Crippen molar-refractivity contribution in [2.45, 2.75) is 26.1 Å². The Bertz CT molecular complexity index is 1260. The molecular weight excluding hydrogens is 437 g/mol. The molecule has 0 radical (unpaired) electrons. The molecule has 33 heavy (non-hydrogen) atoms. The quantitative estimate of drug-likeness (QED) is 0.441. The molecule has 4 rings (SSSR count). The van der Waals surface area contributed by atoms with Crippen molar-refractivity contribution in [2.75, 3.05) is 7.11 Å². The summed E-state index contributed by atoms with van der Waals surface area (Å²) in [6.45, 7) is 0.191. The number of H-pyrrole nitrogens is 1. The fourth-order valence-electron chi connectivity index (χ4n) is 3.68. The second-order valence-corrected chi connectivity index (χ2v) is 7.33. The summed E-state index contributed by atoms with van der Waals surface area (Å²) in [7, 11) is 1.18. The third-order valence-corrected chi connectivity index (χ3v) is 5.10. The van der Waals surface area contributed by atoms with Gasteiger partial charge in [0.25, 0.3) is 0 Å². The third kappa shape index (κ3) is 4.76. The molecule has 0 saturated carbocycles. The molecule has 0 aliphatic heterocycles. The van der Waals surface area contributed by atoms with E-state index in [0.29, 0.717) is 11.4 Å². The summed E-state index contributed by atoms with van der Waals surface area (Å²) in [6.07, 6.45) is -4.41. The number of nitrogens with one attached hydrogen (secondary N) is 1. The molecule has 0 unspecified atom stereocenters. The number of hydrogen-bond donors (Lipinski definition) is 1. The van der Waals surface area contributed by atoms with Crippen molar-refractivity contribution >= 4 is 5.97 Å². The van der Waals surface area contributed by atoms with Crippen LogP contribution in [-0.4, -0.2) is 49.7 Å². The van der Waals surface area contributed by atoms with Gasteiger partial charge in [-0.1, -0.05) is 48.5 Å². The molecule has 2 heterocycles. The summed E-state index contributed by atoms with van der Waals surface area (Å²) in [5, 5.41) is 18.0. The van der Waals surface area contributed by atoms with Gasteiger partial charge in [0.1, 0.15) is 12.1 Å². The third-order valence-electron chi connectivity index (χ3n) is 5.10. The molecule has 0 amide bonds. The van der Waals surface area contributed by atoms with Crippen LogP contribution in [0.2, 0.25) is 0 Å². The van der Waals surface area contributed by atoms with Crippen LogP contribution in [0.1, 0.15) is 27.3 Å². The van der Waals surface area contributed by atoms with Gasteiger partial charge in [0.2, 0.25) is 5.82 Å². The number of aryl methyl sites for hydroxylation is 1. The first-order valence-electron chi connectivity index (χ1n) is 9.90. The number of aromatic nitrogens is 6. The minimum Gasteiger partial charge on any atom is -0.465 e. The first-order chi connectivity index (χ1) is 15.8. The van der Waals surface area contributed by atoms with Crippen molar-refractivity contribution < 1.29 is 22.7 Å². The molecule has 0 atom stereocenters. The van der Waals surface area contributed by atoms with E-state index in [9.17, 15) is 18.0 Å². The zero-order chi connectivity index (χ0) is 23.6. The molecule has 1 N–H and O–H groups in total. The number of rotatable bonds is 6. The smallest absolute Gasteiger partial charge is 0.408 e. The van der Waals surface area contributed by atoms with Gasteiger partial charge < -0.3 is 4.74 Å². The lowest BCUT2D eigenvalue weighted by Crippen LogP contribution is -2.21. The summed E-state index contributed by atoms with van der Waals surface area (Å²) < 4.78 is 44.8. The second kappa shape index (κ2) is 8.85. The number of alkyl halides is 3. The average molecular weight is 456 g/mol. The van der Waals surface area contributed by atoms with E-state index in [4.69, 9.17) is 4.74 Å². The Hall–Kier alpha value is -4.02. The highest BCUT2D eigenvalue weighted by Crippen LogP contribution is 2.30. The van der Waals surface area contributed by atoms with E-state index in [1.807, 2.05) is 36.4 Å². The van der Waals surface area contributed by atoms with Crippen LogP contribution in [0.25, 0.3) is 22.5 Å². The molecule has 4 aromatic rings. The molecule has 0 fully saturated rings. The first kappa shape index (κ1) is 22.2. The van der Waals surface area contributed by atoms with Crippen molar-refractivity contribution in [1.82, 2.24) is 30.4 Å². The Kier molecular flexibility index (Phi) is 5.95. The molecule has 2 aromatic heterocycles. The van der Waals surface area contributed by atoms with Gasteiger partial charge in [-0.15, -0.1) is 10.2 Å². The molecule has 8 nitrogen and oxygen atoms in total. The number of tetrazole rings is 1. The number of halogens is 3. The number of ether oxygens (including phenoxy) is 1. The number of carbonyl (C=O) groups is 1. The van der Waals surface area contributed by atoms with Crippen molar-refractivity contribution in [3.8, 4) is 22.5 Å². The zero-order valence-corrected chi connectivity index (χ0v) is 17.7. The van der Waals surface area contributed by atoms with Crippen molar-refractivity contribution in [2.24, 2.45) is 0 Å². The second-order valence-electron chi connectivity index (χ2n) is 7.33. The van der Waals surface area contributed by atoms with Crippen LogP contribution in [0.4, 0.5) is 13.2 Å². The number of esters is 1. The van der Waals surface area contributed by atoms with Crippen LogP contribution in [0.5, 0.6) is 0 Å². The maximum Gasteiger partial charge on any atom is 0.408 e. The predicted molar refractivity (Wildman–Crippen MR) is 112 cm³/mol. The van der Waals surface area contributed by atoms with Crippen molar-refractivity contribution in [3.05, 3.63) is 71.0 Å². The number of aromatic amines is 1. The Morgan fingerprint density at radius 3 is 2.39 bits per heavy atom. The van der Waals surface area contributed by atoms with Gasteiger partial charge in [-0.2, -0.15) is 23.5 Å². The lowest BCUT2D eigenvalue weighted by molar-refractivity contribution is -0.143. The predicted octanol–water partition coefficient (Wildman–Crippen LogP) is 3.98. The lowest BCUT2D eigenvalue weighted by Gasteiger charge is -2.12. The van der Waals surface area contributed by atoms with E-state index >= 15 is 0 Å². The standard InChI is InChI=1S/C22H19F3N6O2/c1-13-19(21(32)33-2)18(31(28-13)12-22(23,24)25)11-14-7-9-15(10-8-14)16-5-3-4-6-17(16)20-26-29-30-27-20/h3-10H,11-12H2,1-2H3,(H,26,27,29,30). The fraction of sp³-hybridized carbons (Fsp3) is 0.227. The molecule has 0 bridgehead atoms. The van der Waals surface area contributed by atoms with Gasteiger partial charge in [0, 0.05) is 12.0 Å². The van der Waals surface area contributed by atoms with E-state index in [-0.39, 0.29) is 23.4 Å². The van der Waals surface area contributed by atoms with E-state index in [0.717, 1.165) is 21.4 Å². The number of hydrogen-bond acceptors (Lipinski definition) is 6. The number of benzene rings is 2. The van der Waals surface area contributed by atoms with Crippen molar-refractivity contribution in [1.29, 1.82) is 0 Å². The van der Waals surface area contributed by atoms with E-state index in [1.165, 1.54) is 14.0 Å². The van der Waals surface area contributed by atoms with Gasteiger partial charge in [0.15, 0.2) is 0 Å². The minimum atomic E-state index is -4.48. The van der Waals surface area contributed by atoms with Gasteiger partial charge in [-0.05, 0) is 28.8 Å². The molecule has 0 aliphatic rings. The molecule has 170 valence electrons. The highest BCUT2D eigenvalue weighted by Gasteiger charge is 2.32. The number of carbonyl (C=O) groups excluding carboxylic acids is 1. The van der Waals surface area contributed by atoms with Crippen LogP contribution in [0.3, 0.4) is 0 Å². The molecule has 11 heteroatoms. The average Bonchev–Trinajstić information content (AvgIpc) is 3.41. The lowest BCUT2D eigenvalue weighted by atomic mass is 9.97. The number of nitrogens with zero attached hydrogens (tertiary/aromatic N) is 5. The minimum absolute atomic E-state index is 0.0493. The first-order valence-corrected chi connectivity index (χ1v) is 9.90. The molecular formula is C22H19F3N6O2. The normalized spacial score (nSPS) is 11.5. The summed E-state index contributed by atoms with van der Waals surface area (Å²) >= 11 is 0. The topological polar surface area (TPSA) is 98.6 Å². The maximum absolute atomic E-state index is 13.1. The molecule has 2 aromatic carbocycles. The highest BCUT2D eigenvalue weighted by atomic mass is 19.4. The van der Waals surface area contributed by atoms with Gasteiger partial charge in [0.05, 0.1) is 18.5 Å². The Balaban J connectivity index is 1.68. The zero-order valence-electron chi connectivity index (χ0n) is 17.7. The van der Waals surface area contributed by atoms with Crippen LogP contribution >= 0.6 is 0 Å². The van der Waals surface area contributed by atoms with Crippen LogP contribution in [0.15, 0.2) is 48.5 Å². The largest absolute Gasteiger partial charge is 0.465 e. The monoisotopic (exact) mass is 456 g/mol. The highest BCUT2D eigenvalue weighted by molar-refractivity contribution is 5.92. The fourth-order valence-corrected chi connectivity index (χ4v) is 3.68. The summed E-state index contributed by atoms with van der Waals surface area (Å²) in [6, 6.07) is 14.8. The molecule has 0 spiro atoms. The van der Waals surface area contributed by atoms with Crippen LogP contribution in [-0.2, 0) is 17.7 Å². The van der Waals surface area contributed by atoms with Crippen LogP contribution in [0, 0.1) is 6.92 Å². The van der Waals surface area contributed by atoms with E-state index in [2.05, 4.69) is 25.7 Å². The number of methoxy groups -OCH3 is 1. The van der Waals surface area contributed by atoms with Gasteiger partial charge in [-0.3, -0.25) is 4.68 Å². The van der Waals surface area contributed by atoms with Gasteiger partial charge in [-0.25, -0.2) is 4.79 Å². The van der Waals surface area contributed by atoms with E-state index in [1.54, 1.807) is 12.1 Å². The molecule has 0 saturated heterocycles. The Morgan fingerprint density at radius 1 is 1.09 bits per heavy atom.